The summed E-state index contributed by atoms with van der Waals surface area (Å²) in [5.41, 5.74) is 2.74. The number of hydrogen-bond acceptors (Lipinski definition) is 3. The van der Waals surface area contributed by atoms with E-state index in [-0.39, 0.29) is 11.9 Å². The van der Waals surface area contributed by atoms with Crippen LogP contribution >= 0.6 is 0 Å². The number of hydrogen-bond donors (Lipinski definition) is 0. The largest absolute Gasteiger partial charge is 0.464 e. The molecule has 0 saturated carbocycles. The molecule has 2 atom stereocenters. The molecule has 0 N–H and O–H groups in total. The van der Waals surface area contributed by atoms with Gasteiger partial charge in [0.2, 0.25) is 0 Å². The van der Waals surface area contributed by atoms with Crippen molar-refractivity contribution >= 4 is 11.7 Å². The van der Waals surface area contributed by atoms with Crippen LogP contribution in [0.15, 0.2) is 78.3 Å². The Hall–Kier alpha value is -2.68. The predicted octanol–water partition coefficient (Wildman–Crippen LogP) is 4.67. The quantitative estimate of drug-likeness (QED) is 0.399. The second-order valence-electron chi connectivity index (χ2n) is 5.71. The number of nitrogens with zero attached hydrogens (tertiary/aromatic N) is 1. The van der Waals surface area contributed by atoms with Gasteiger partial charge in [0.15, 0.2) is 6.04 Å². The van der Waals surface area contributed by atoms with Crippen LogP contribution in [0.4, 0.5) is 0 Å². The third-order valence-corrected chi connectivity index (χ3v) is 4.07. The normalized spacial score (nSPS) is 12.7. The van der Waals surface area contributed by atoms with Crippen LogP contribution in [-0.4, -0.2) is 24.3 Å². The van der Waals surface area contributed by atoms with E-state index in [1.165, 1.54) is 0 Å². The monoisotopic (exact) mass is 335 g/mol. The summed E-state index contributed by atoms with van der Waals surface area (Å²) in [7, 11) is 0. The maximum absolute atomic E-state index is 12.5. The van der Waals surface area contributed by atoms with Gasteiger partial charge in [0.25, 0.3) is 0 Å². The lowest BCUT2D eigenvalue weighted by atomic mass is 9.95. The van der Waals surface area contributed by atoms with E-state index in [0.29, 0.717) is 6.61 Å². The molecule has 0 radical (unpaired) electrons. The van der Waals surface area contributed by atoms with Crippen molar-refractivity contribution in [1.29, 1.82) is 0 Å². The molecule has 3 nitrogen and oxygen atoms in total. The molecule has 0 bridgehead atoms. The average Bonchev–Trinajstić information content (AvgIpc) is 2.66. The Kier molecular flexibility index (Phi) is 7.15. The summed E-state index contributed by atoms with van der Waals surface area (Å²) < 4.78 is 5.27. The van der Waals surface area contributed by atoms with Crippen molar-refractivity contribution in [2.24, 2.45) is 10.9 Å². The Morgan fingerprint density at radius 1 is 1.04 bits per heavy atom. The van der Waals surface area contributed by atoms with Gasteiger partial charge in [-0.25, -0.2) is 4.79 Å². The fourth-order valence-electron chi connectivity index (χ4n) is 2.72. The van der Waals surface area contributed by atoms with Gasteiger partial charge in [-0.05, 0) is 13.3 Å². The van der Waals surface area contributed by atoms with Crippen molar-refractivity contribution in [3.05, 3.63) is 84.4 Å². The number of carbonyl (C=O) groups is 1. The summed E-state index contributed by atoms with van der Waals surface area (Å²) >= 11 is 0. The van der Waals surface area contributed by atoms with Gasteiger partial charge in [-0.3, -0.25) is 4.99 Å². The van der Waals surface area contributed by atoms with Crippen LogP contribution in [0.5, 0.6) is 0 Å². The van der Waals surface area contributed by atoms with Crippen LogP contribution < -0.4 is 0 Å². The summed E-state index contributed by atoms with van der Waals surface area (Å²) in [6, 6.07) is 19.2. The lowest BCUT2D eigenvalue weighted by Crippen LogP contribution is -2.30. The van der Waals surface area contributed by atoms with Crippen LogP contribution in [0.25, 0.3) is 0 Å². The van der Waals surface area contributed by atoms with E-state index < -0.39 is 6.04 Å². The number of esters is 1. The van der Waals surface area contributed by atoms with Gasteiger partial charge in [0.1, 0.15) is 0 Å². The fourth-order valence-corrected chi connectivity index (χ4v) is 2.72. The fraction of sp³-hybridized carbons (Fsp3) is 0.273. The highest BCUT2D eigenvalue weighted by atomic mass is 16.5. The zero-order chi connectivity index (χ0) is 18.1. The Labute approximate surface area is 150 Å². The molecule has 2 rings (SSSR count). The zero-order valence-corrected chi connectivity index (χ0v) is 14.9. The molecule has 0 aliphatic heterocycles. The highest BCUT2D eigenvalue weighted by molar-refractivity contribution is 6.13. The van der Waals surface area contributed by atoms with E-state index >= 15 is 0 Å². The van der Waals surface area contributed by atoms with E-state index in [0.717, 1.165) is 23.3 Å². The summed E-state index contributed by atoms with van der Waals surface area (Å²) in [4.78, 5) is 17.4. The van der Waals surface area contributed by atoms with Gasteiger partial charge in [-0.2, -0.15) is 0 Å². The van der Waals surface area contributed by atoms with E-state index in [2.05, 4.69) is 6.58 Å². The predicted molar refractivity (Wildman–Crippen MR) is 103 cm³/mol. The van der Waals surface area contributed by atoms with Gasteiger partial charge in [0.05, 0.1) is 12.3 Å². The minimum absolute atomic E-state index is 0.0681. The molecule has 0 unspecified atom stereocenters. The zero-order valence-electron chi connectivity index (χ0n) is 14.9. The third-order valence-electron chi connectivity index (χ3n) is 4.07. The van der Waals surface area contributed by atoms with E-state index in [4.69, 9.17) is 9.73 Å². The molecule has 0 aliphatic carbocycles. The molecular weight excluding hydrogens is 310 g/mol. The molecule has 130 valence electrons. The minimum atomic E-state index is -0.599. The summed E-state index contributed by atoms with van der Waals surface area (Å²) in [5.74, 6) is -0.375. The molecule has 0 heterocycles. The maximum atomic E-state index is 12.5. The first-order chi connectivity index (χ1) is 12.2. The number of aliphatic imine (C=N–C) groups is 1. The molecule has 0 saturated heterocycles. The second-order valence-corrected chi connectivity index (χ2v) is 5.71. The Morgan fingerprint density at radius 2 is 1.56 bits per heavy atom. The number of rotatable bonds is 8. The number of ether oxygens (including phenoxy) is 1. The Morgan fingerprint density at radius 3 is 1.96 bits per heavy atom. The van der Waals surface area contributed by atoms with Gasteiger partial charge in [-0.1, -0.05) is 73.7 Å². The van der Waals surface area contributed by atoms with Crippen molar-refractivity contribution in [3.63, 3.8) is 0 Å². The van der Waals surface area contributed by atoms with Crippen LogP contribution in [0, 0.1) is 5.92 Å². The van der Waals surface area contributed by atoms with Crippen molar-refractivity contribution < 1.29 is 9.53 Å². The summed E-state index contributed by atoms with van der Waals surface area (Å²) in [6.07, 6.45) is 2.56. The first kappa shape index (κ1) is 18.7. The highest BCUT2D eigenvalue weighted by Gasteiger charge is 2.27. The Bertz CT molecular complexity index is 666. The van der Waals surface area contributed by atoms with Crippen molar-refractivity contribution in [2.45, 2.75) is 26.3 Å². The van der Waals surface area contributed by atoms with E-state index in [1.54, 1.807) is 6.08 Å². The van der Waals surface area contributed by atoms with Crippen LogP contribution in [-0.2, 0) is 9.53 Å². The van der Waals surface area contributed by atoms with Crippen LogP contribution in [0.3, 0.4) is 0 Å². The maximum Gasteiger partial charge on any atom is 0.331 e. The first-order valence-corrected chi connectivity index (χ1v) is 8.69. The molecule has 2 aromatic carbocycles. The van der Waals surface area contributed by atoms with Gasteiger partial charge in [0, 0.05) is 17.0 Å². The molecular formula is C22H25NO2. The summed E-state index contributed by atoms with van der Waals surface area (Å²) in [5, 5.41) is 0. The van der Waals surface area contributed by atoms with Gasteiger partial charge in [-0.15, -0.1) is 6.58 Å². The van der Waals surface area contributed by atoms with Gasteiger partial charge >= 0.3 is 5.97 Å². The highest BCUT2D eigenvalue weighted by Crippen LogP contribution is 2.19. The van der Waals surface area contributed by atoms with E-state index in [9.17, 15) is 4.79 Å². The molecule has 0 spiro atoms. The molecule has 2 aromatic rings. The minimum Gasteiger partial charge on any atom is -0.464 e. The average molecular weight is 335 g/mol. The molecule has 3 heteroatoms. The lowest BCUT2D eigenvalue weighted by molar-refractivity contribution is -0.145. The van der Waals surface area contributed by atoms with Crippen LogP contribution in [0.2, 0.25) is 0 Å². The number of benzene rings is 2. The second kappa shape index (κ2) is 9.58. The van der Waals surface area contributed by atoms with Crippen LogP contribution in [0.1, 0.15) is 31.4 Å². The molecule has 0 fully saturated rings. The van der Waals surface area contributed by atoms with E-state index in [1.807, 2.05) is 74.5 Å². The summed E-state index contributed by atoms with van der Waals surface area (Å²) in [6.45, 7) is 8.04. The number of carbonyl (C=O) groups excluding carboxylic acids is 1. The van der Waals surface area contributed by atoms with Gasteiger partial charge < -0.3 is 4.74 Å². The first-order valence-electron chi connectivity index (χ1n) is 8.69. The molecule has 0 aliphatic rings. The van der Waals surface area contributed by atoms with Crippen molar-refractivity contribution in [2.75, 3.05) is 6.61 Å². The van der Waals surface area contributed by atoms with Crippen molar-refractivity contribution in [1.82, 2.24) is 0 Å². The topological polar surface area (TPSA) is 38.7 Å². The third kappa shape index (κ3) is 4.90. The molecule has 25 heavy (non-hydrogen) atoms. The SMILES string of the molecule is C=C[C@H](CC)[C@@H](N=C(c1ccccc1)c1ccccc1)C(=O)OCC. The Balaban J connectivity index is 2.55. The molecule has 0 amide bonds. The standard InChI is InChI=1S/C22H25NO2/c1-4-17(5-2)21(22(24)25-6-3)23-20(18-13-9-7-10-14-18)19-15-11-8-12-16-19/h4,7-17,21H,1,5-6H2,2-3H3/t17-,21-/m1/s1. The molecule has 0 aromatic heterocycles. The lowest BCUT2D eigenvalue weighted by Gasteiger charge is -2.20. The van der Waals surface area contributed by atoms with Crippen molar-refractivity contribution in [3.8, 4) is 0 Å². The smallest absolute Gasteiger partial charge is 0.331 e.